The summed E-state index contributed by atoms with van der Waals surface area (Å²) in [5, 5.41) is 114. The number of hydrogen-bond donors (Lipinski definition) is 10. The van der Waals surface area contributed by atoms with Crippen LogP contribution in [0.5, 0.6) is 0 Å². The van der Waals surface area contributed by atoms with E-state index in [0.717, 1.165) is 24.0 Å². The lowest BCUT2D eigenvalue weighted by atomic mass is 9.78. The largest absolute Gasteiger partial charge is 0.460 e. The molecule has 734 valence electrons. The number of hydrogen-bond acceptors (Lipinski definition) is 25. The number of ether oxygens (including phenoxy) is 9. The fraction of sp³-hybridized carbons (Fsp3) is 0.784. The monoisotopic (exact) mass is 1820 g/mol. The summed E-state index contributed by atoms with van der Waals surface area (Å²) in [5.41, 5.74) is 3.01. The van der Waals surface area contributed by atoms with Gasteiger partial charge < -0.3 is 103 Å². The molecule has 6 heterocycles. The van der Waals surface area contributed by atoms with Crippen molar-refractivity contribution in [2.24, 2.45) is 76.9 Å². The number of esters is 2. The molecule has 0 aromatic rings. The summed E-state index contributed by atoms with van der Waals surface area (Å²) in [4.78, 5) is 88.1. The van der Waals surface area contributed by atoms with Gasteiger partial charge in [-0.2, -0.15) is 0 Å². The molecule has 2 amide bonds. The SMILES string of the molecule is COC1CC(CC(C)C2CC(O)C(C)/C=C(\C)C(O)C(OC)C(O)C(C)CC(C)/C=C/C=C/C=C(\C)C(C)CC3CCC(C)C(O)(O3)C(=O)C(=O)N3CCCCC3C(=O)O2)CCC1O.COC1CC2CCC(C)C(O)(O2)C(=O)C(=O)N2CCCCC2C(=O)OC(C(C)CC2CCC(O)C(OC)C2)CC(O)C(C)/C=C(\C)C(O)C(OC)C(O)C(C)CC(C)/C=C/C=C/C=C/1C. The van der Waals surface area contributed by atoms with Crippen LogP contribution in [-0.2, 0) is 71.4 Å². The van der Waals surface area contributed by atoms with Gasteiger partial charge in [-0.05, 0) is 233 Å². The normalized spacial score (nSPS) is 42.9. The van der Waals surface area contributed by atoms with Crippen molar-refractivity contribution < 1.29 is 122 Å². The Morgan fingerprint density at radius 1 is 0.419 bits per heavy atom. The molecule has 10 N–H and O–H groups in total. The van der Waals surface area contributed by atoms with E-state index in [9.17, 15) is 79.8 Å². The predicted octanol–water partition coefficient (Wildman–Crippen LogP) is 12.1. The zero-order chi connectivity index (χ0) is 95.6. The topological polar surface area (TPSA) is 394 Å². The van der Waals surface area contributed by atoms with Crippen LogP contribution in [0.3, 0.4) is 0 Å². The van der Waals surface area contributed by atoms with E-state index in [-0.39, 0.29) is 104 Å². The number of cyclic esters (lactones) is 2. The van der Waals surface area contributed by atoms with Gasteiger partial charge in [0.2, 0.25) is 11.6 Å². The van der Waals surface area contributed by atoms with Gasteiger partial charge in [-0.1, -0.05) is 155 Å². The third kappa shape index (κ3) is 30.7. The van der Waals surface area contributed by atoms with Gasteiger partial charge in [-0.25, -0.2) is 9.59 Å². The van der Waals surface area contributed by atoms with Crippen molar-refractivity contribution in [1.29, 1.82) is 0 Å². The molecule has 8 rings (SSSR count). The fourth-order valence-corrected chi connectivity index (χ4v) is 20.8. The number of piperidine rings is 2. The number of allylic oxidation sites excluding steroid dienone is 11. The first-order chi connectivity index (χ1) is 61.0. The van der Waals surface area contributed by atoms with Crippen molar-refractivity contribution in [2.75, 3.05) is 48.6 Å². The smallest absolute Gasteiger partial charge is 0.329 e. The Hall–Kier alpha value is -5.54. The molecule has 0 radical (unpaired) electrons. The number of Topliss-reactive ketones (excluding diaryl/α,β-unsaturated/α-hetero) is 2. The minimum atomic E-state index is -2.41. The Labute approximate surface area is 769 Å². The van der Waals surface area contributed by atoms with Gasteiger partial charge in [-0.3, -0.25) is 19.2 Å². The summed E-state index contributed by atoms with van der Waals surface area (Å²) in [6.07, 6.45) is 22.5. The van der Waals surface area contributed by atoms with Gasteiger partial charge in [-0.15, -0.1) is 0 Å². The van der Waals surface area contributed by atoms with Crippen LogP contribution >= 0.6 is 0 Å². The molecule has 129 heavy (non-hydrogen) atoms. The first-order valence-corrected chi connectivity index (χ1v) is 48.4. The molecular weight excluding hydrogens is 1650 g/mol. The summed E-state index contributed by atoms with van der Waals surface area (Å²) in [7, 11) is 7.68. The van der Waals surface area contributed by atoms with Gasteiger partial charge >= 0.3 is 11.9 Å². The van der Waals surface area contributed by atoms with E-state index in [1.165, 1.54) is 24.0 Å². The standard InChI is InChI=1S/C51H83NO13.C51H83NO12/c1-30-16-12-11-13-17-31(2)42(61-8)28-38-21-19-36(7)51(60,65-38)48(57)49(58)52-23-15-14-18-39(52)50(59)64-43(33(4)26-37-20-22-40(53)44(27-37)62-9)29-41(54)32(3)25-35(6)46(56)47(63-10)45(55)34(5)24-30;1-30-16-12-11-13-17-31(2)32(3)27-39-21-19-37(8)51(60,64-39)48(57)49(58)52-23-15-14-18-40(52)50(59)63-43(34(5)26-38-20-22-41(53)44(28-38)61-9)29-42(54)33(4)25-36(7)46(56)47(62-10)45(55)35(6)24-30/h11-13,16-17,25,30,32-34,36-47,53-56,60H,14-15,18-24,26-29H2,1-10H3;11-13,16-17,25,30,32-35,37-47,53-56,60H,14-15,18-24,26-29H2,1-10H3/b13-11+,16-12+,31-17+,35-25+;13-11+,16-12+,31-17+,36-25+. The van der Waals surface area contributed by atoms with Gasteiger partial charge in [0.05, 0.1) is 67.1 Å². The van der Waals surface area contributed by atoms with Crippen LogP contribution in [0.4, 0.5) is 0 Å². The number of carbonyl (C=O) groups excluding carboxylic acids is 6. The molecule has 0 aromatic heterocycles. The number of nitrogens with zero attached hydrogens (tertiary/aromatic N) is 2. The minimum absolute atomic E-state index is 0.0359. The van der Waals surface area contributed by atoms with Crippen molar-refractivity contribution >= 4 is 35.3 Å². The maximum atomic E-state index is 14.4. The van der Waals surface area contributed by atoms with Crippen molar-refractivity contribution in [3.8, 4) is 0 Å². The van der Waals surface area contributed by atoms with Crippen LogP contribution in [0.1, 0.15) is 258 Å². The summed E-state index contributed by atoms with van der Waals surface area (Å²) in [6, 6.07) is -2.18. The predicted molar refractivity (Wildman–Crippen MR) is 493 cm³/mol. The highest BCUT2D eigenvalue weighted by molar-refractivity contribution is 6.39. The number of amides is 2. The van der Waals surface area contributed by atoms with Crippen LogP contribution in [-0.4, -0.2) is 272 Å². The Bertz CT molecular complexity index is 3780. The summed E-state index contributed by atoms with van der Waals surface area (Å²) < 4.78 is 53.4. The minimum Gasteiger partial charge on any atom is -0.460 e. The number of rotatable bonds is 11. The van der Waals surface area contributed by atoms with Crippen LogP contribution in [0.25, 0.3) is 0 Å². The highest BCUT2D eigenvalue weighted by Crippen LogP contribution is 2.43. The van der Waals surface area contributed by atoms with E-state index >= 15 is 0 Å². The third-order valence-corrected chi connectivity index (χ3v) is 29.9. The van der Waals surface area contributed by atoms with E-state index in [1.807, 2.05) is 110 Å². The van der Waals surface area contributed by atoms with E-state index in [0.29, 0.717) is 127 Å². The molecule has 4 saturated heterocycles. The highest BCUT2D eigenvalue weighted by atomic mass is 16.6. The molecule has 2 aliphatic carbocycles. The average molecular weight is 1820 g/mol. The Balaban J connectivity index is 0.000000353. The van der Waals surface area contributed by atoms with Crippen molar-refractivity contribution in [1.82, 2.24) is 9.80 Å². The second-order valence-corrected chi connectivity index (χ2v) is 40.2. The maximum Gasteiger partial charge on any atom is 0.329 e. The zero-order valence-electron chi connectivity index (χ0n) is 81.3. The van der Waals surface area contributed by atoms with Crippen LogP contribution in [0.15, 0.2) is 95.2 Å². The van der Waals surface area contributed by atoms with Gasteiger partial charge in [0.15, 0.2) is 0 Å². The van der Waals surface area contributed by atoms with Gasteiger partial charge in [0, 0.05) is 91.6 Å². The van der Waals surface area contributed by atoms with E-state index < -0.39 is 174 Å². The number of aliphatic hydroxyl groups is 10. The Morgan fingerprint density at radius 2 is 0.806 bits per heavy atom. The summed E-state index contributed by atoms with van der Waals surface area (Å²) in [6.45, 7) is 28.7. The van der Waals surface area contributed by atoms with Crippen molar-refractivity contribution in [3.63, 3.8) is 0 Å². The third-order valence-electron chi connectivity index (χ3n) is 29.9. The van der Waals surface area contributed by atoms with Gasteiger partial charge in [0.1, 0.15) is 48.7 Å². The van der Waals surface area contributed by atoms with Gasteiger partial charge in [0.25, 0.3) is 23.4 Å². The van der Waals surface area contributed by atoms with Crippen LogP contribution < -0.4 is 0 Å². The number of fused-ring (bicyclic) bond motifs is 6. The molecule has 6 aliphatic heterocycles. The Kier molecular flexibility index (Phi) is 45.0. The molecule has 0 spiro atoms. The Morgan fingerprint density at radius 3 is 1.19 bits per heavy atom. The number of methoxy groups -OCH3 is 5. The van der Waals surface area contributed by atoms with Crippen LogP contribution in [0, 0.1) is 76.9 Å². The lowest BCUT2D eigenvalue weighted by Gasteiger charge is -2.43. The molecule has 4 bridgehead atoms. The van der Waals surface area contributed by atoms with Crippen LogP contribution in [0.2, 0.25) is 0 Å². The van der Waals surface area contributed by atoms with E-state index in [2.05, 4.69) is 26.8 Å². The molecule has 6 fully saturated rings. The molecule has 0 aromatic carbocycles. The second-order valence-electron chi connectivity index (χ2n) is 40.2. The maximum absolute atomic E-state index is 14.4. The fourth-order valence-electron chi connectivity index (χ4n) is 20.8. The molecule has 8 aliphatic rings. The molecular formula is C102H166N2O25. The number of ketones is 2. The summed E-state index contributed by atoms with van der Waals surface area (Å²) in [5.74, 6) is -13.1. The number of carbonyl (C=O) groups is 6. The first kappa shape index (κ1) is 110. The zero-order valence-corrected chi connectivity index (χ0v) is 81.3. The molecule has 27 heteroatoms. The first-order valence-electron chi connectivity index (χ1n) is 48.4. The molecule has 27 nitrogen and oxygen atoms in total. The molecule has 34 unspecified atom stereocenters. The van der Waals surface area contributed by atoms with Crippen molar-refractivity contribution in [3.05, 3.63) is 95.2 Å². The van der Waals surface area contributed by atoms with E-state index in [1.54, 1.807) is 61.2 Å². The lowest BCUT2D eigenvalue weighted by Crippen LogP contribution is -2.61. The molecule has 2 saturated carbocycles. The quantitative estimate of drug-likeness (QED) is 0.0522. The number of aliphatic hydroxyl groups excluding tert-OH is 8. The van der Waals surface area contributed by atoms with E-state index in [4.69, 9.17) is 42.6 Å². The molecule has 34 atom stereocenters. The van der Waals surface area contributed by atoms with Crippen molar-refractivity contribution in [2.45, 2.75) is 385 Å². The second kappa shape index (κ2) is 52.5. The highest BCUT2D eigenvalue weighted by Gasteiger charge is 2.56. The average Bonchev–Trinajstić information content (AvgIpc) is 0.777. The lowest BCUT2D eigenvalue weighted by molar-refractivity contribution is -0.265. The summed E-state index contributed by atoms with van der Waals surface area (Å²) >= 11 is 0.